The van der Waals surface area contributed by atoms with Gasteiger partial charge in [0.25, 0.3) is 0 Å². The number of ether oxygens (including phenoxy) is 2. The third-order valence-corrected chi connectivity index (χ3v) is 3.65. The van der Waals surface area contributed by atoms with Gasteiger partial charge in [0.15, 0.2) is 0 Å². The molecular formula is C15H20F3NO3. The zero-order chi connectivity index (χ0) is 16.2. The molecule has 124 valence electrons. The van der Waals surface area contributed by atoms with Crippen molar-refractivity contribution in [3.05, 3.63) is 29.8 Å². The van der Waals surface area contributed by atoms with Gasteiger partial charge in [-0.15, -0.1) is 0 Å². The maximum atomic E-state index is 12.1. The number of hydrogen-bond donors (Lipinski definition) is 1. The monoisotopic (exact) mass is 319 g/mol. The predicted octanol–water partition coefficient (Wildman–Crippen LogP) is 2.38. The number of β-amino-alcohol motifs (C(OH)–C–C–N with tert-alkyl or cyclic N) is 1. The topological polar surface area (TPSA) is 41.9 Å². The van der Waals surface area contributed by atoms with Gasteiger partial charge in [0, 0.05) is 19.1 Å². The molecule has 0 spiro atoms. The van der Waals surface area contributed by atoms with Crippen molar-refractivity contribution in [2.24, 2.45) is 0 Å². The lowest BCUT2D eigenvalue weighted by molar-refractivity contribution is -0.174. The summed E-state index contributed by atoms with van der Waals surface area (Å²) in [6.07, 6.45) is -4.25. The van der Waals surface area contributed by atoms with Crippen LogP contribution in [0.5, 0.6) is 5.75 Å². The van der Waals surface area contributed by atoms with Crippen LogP contribution in [0.25, 0.3) is 0 Å². The third-order valence-electron chi connectivity index (χ3n) is 3.65. The van der Waals surface area contributed by atoms with Crippen molar-refractivity contribution in [3.63, 3.8) is 0 Å². The molecule has 1 aromatic rings. The van der Waals surface area contributed by atoms with E-state index in [1.54, 1.807) is 7.11 Å². The Kier molecular flexibility index (Phi) is 5.66. The Hall–Kier alpha value is -1.31. The highest BCUT2D eigenvalue weighted by atomic mass is 19.4. The summed E-state index contributed by atoms with van der Waals surface area (Å²) in [5.41, 5.74) is 0.978. The number of aliphatic hydroxyl groups is 1. The zero-order valence-corrected chi connectivity index (χ0v) is 12.3. The summed E-state index contributed by atoms with van der Waals surface area (Å²) in [5.74, 6) is 0.715. The molecule has 1 aromatic carbocycles. The van der Waals surface area contributed by atoms with Crippen LogP contribution < -0.4 is 4.74 Å². The molecule has 4 nitrogen and oxygen atoms in total. The normalized spacial score (nSPS) is 23.0. The van der Waals surface area contributed by atoms with Crippen LogP contribution in [-0.2, 0) is 4.74 Å². The lowest BCUT2D eigenvalue weighted by Gasteiger charge is -2.24. The number of rotatable bonds is 6. The minimum atomic E-state index is -4.31. The van der Waals surface area contributed by atoms with E-state index in [0.29, 0.717) is 25.3 Å². The third kappa shape index (κ3) is 4.86. The molecule has 1 aliphatic rings. The summed E-state index contributed by atoms with van der Waals surface area (Å²) in [7, 11) is 1.57. The molecule has 2 atom stereocenters. The highest BCUT2D eigenvalue weighted by Gasteiger charge is 2.32. The molecule has 1 fully saturated rings. The smallest absolute Gasteiger partial charge is 0.411 e. The molecule has 2 rings (SSSR count). The number of methoxy groups -OCH3 is 1. The maximum Gasteiger partial charge on any atom is 0.411 e. The molecule has 0 bridgehead atoms. The molecule has 0 radical (unpaired) electrons. The summed E-state index contributed by atoms with van der Waals surface area (Å²) < 4.78 is 46.0. The van der Waals surface area contributed by atoms with Gasteiger partial charge >= 0.3 is 6.18 Å². The number of likely N-dealkylation sites (tertiary alicyclic amines) is 1. The van der Waals surface area contributed by atoms with Gasteiger partial charge in [0.1, 0.15) is 12.4 Å². The van der Waals surface area contributed by atoms with E-state index in [9.17, 15) is 18.3 Å². The van der Waals surface area contributed by atoms with Crippen molar-refractivity contribution in [2.75, 3.05) is 33.4 Å². The molecule has 1 aliphatic heterocycles. The van der Waals surface area contributed by atoms with E-state index >= 15 is 0 Å². The van der Waals surface area contributed by atoms with Crippen LogP contribution in [0.2, 0.25) is 0 Å². The van der Waals surface area contributed by atoms with Crippen LogP contribution in [0, 0.1) is 0 Å². The summed E-state index contributed by atoms with van der Waals surface area (Å²) in [5, 5.41) is 9.85. The molecule has 0 amide bonds. The van der Waals surface area contributed by atoms with Crippen LogP contribution >= 0.6 is 0 Å². The second-order valence-corrected chi connectivity index (χ2v) is 5.34. The highest BCUT2D eigenvalue weighted by molar-refractivity contribution is 5.31. The standard InChI is InChI=1S/C15H20F3NO3/c1-21-13-4-2-3-11(7-13)14-8-12(20)9-19(14)5-6-22-10-15(16,17)18/h2-4,7,12,14,20H,5-6,8-10H2,1H3/t12-,14-/m1/s1. The number of nitrogens with zero attached hydrogens (tertiary/aromatic N) is 1. The number of hydrogen-bond acceptors (Lipinski definition) is 4. The summed E-state index contributed by atoms with van der Waals surface area (Å²) in [6.45, 7) is -0.494. The van der Waals surface area contributed by atoms with E-state index in [1.807, 2.05) is 29.2 Å². The highest BCUT2D eigenvalue weighted by Crippen LogP contribution is 2.33. The van der Waals surface area contributed by atoms with Gasteiger partial charge in [-0.1, -0.05) is 12.1 Å². The van der Waals surface area contributed by atoms with Gasteiger partial charge in [-0.05, 0) is 24.1 Å². The van der Waals surface area contributed by atoms with E-state index in [0.717, 1.165) is 5.56 Å². The molecule has 22 heavy (non-hydrogen) atoms. The largest absolute Gasteiger partial charge is 0.497 e. The summed E-state index contributed by atoms with van der Waals surface area (Å²) >= 11 is 0. The molecule has 1 N–H and O–H groups in total. The van der Waals surface area contributed by atoms with Crippen molar-refractivity contribution in [1.29, 1.82) is 0 Å². The van der Waals surface area contributed by atoms with Crippen molar-refractivity contribution in [1.82, 2.24) is 4.90 Å². The first kappa shape index (κ1) is 17.1. The van der Waals surface area contributed by atoms with Gasteiger partial charge in [-0.25, -0.2) is 0 Å². The van der Waals surface area contributed by atoms with E-state index in [1.165, 1.54) is 0 Å². The lowest BCUT2D eigenvalue weighted by atomic mass is 10.0. The summed E-state index contributed by atoms with van der Waals surface area (Å²) in [6, 6.07) is 7.45. The zero-order valence-electron chi connectivity index (χ0n) is 12.3. The Morgan fingerprint density at radius 3 is 2.82 bits per heavy atom. The Labute approximate surface area is 127 Å². The van der Waals surface area contributed by atoms with Crippen LogP contribution in [0.15, 0.2) is 24.3 Å². The van der Waals surface area contributed by atoms with Crippen molar-refractivity contribution in [2.45, 2.75) is 24.7 Å². The van der Waals surface area contributed by atoms with E-state index in [-0.39, 0.29) is 12.6 Å². The number of alkyl halides is 3. The Morgan fingerprint density at radius 1 is 1.36 bits per heavy atom. The average Bonchev–Trinajstić information content (AvgIpc) is 2.84. The first-order valence-corrected chi connectivity index (χ1v) is 7.09. The predicted molar refractivity (Wildman–Crippen MR) is 74.8 cm³/mol. The van der Waals surface area contributed by atoms with Gasteiger partial charge in [-0.2, -0.15) is 13.2 Å². The average molecular weight is 319 g/mol. The minimum Gasteiger partial charge on any atom is -0.497 e. The molecule has 1 saturated heterocycles. The van der Waals surface area contributed by atoms with Crippen molar-refractivity contribution >= 4 is 0 Å². The first-order valence-electron chi connectivity index (χ1n) is 7.09. The SMILES string of the molecule is COc1cccc([C@H]2C[C@@H](O)CN2CCOCC(F)(F)F)c1. The second-order valence-electron chi connectivity index (χ2n) is 5.34. The quantitative estimate of drug-likeness (QED) is 0.818. The molecule has 0 saturated carbocycles. The molecule has 1 heterocycles. The first-order chi connectivity index (χ1) is 10.4. The van der Waals surface area contributed by atoms with E-state index in [4.69, 9.17) is 4.74 Å². The molecule has 0 unspecified atom stereocenters. The second kappa shape index (κ2) is 7.30. The van der Waals surface area contributed by atoms with E-state index in [2.05, 4.69) is 4.74 Å². The fraction of sp³-hybridized carbons (Fsp3) is 0.600. The number of benzene rings is 1. The van der Waals surface area contributed by atoms with Crippen LogP contribution in [0.4, 0.5) is 13.2 Å². The molecular weight excluding hydrogens is 299 g/mol. The van der Waals surface area contributed by atoms with Gasteiger partial charge in [-0.3, -0.25) is 4.90 Å². The lowest BCUT2D eigenvalue weighted by Crippen LogP contribution is -2.30. The molecule has 0 aliphatic carbocycles. The van der Waals surface area contributed by atoms with Gasteiger partial charge in [0.2, 0.25) is 0 Å². The fourth-order valence-corrected chi connectivity index (χ4v) is 2.69. The minimum absolute atomic E-state index is 0.0211. The van der Waals surface area contributed by atoms with Gasteiger partial charge < -0.3 is 14.6 Å². The van der Waals surface area contributed by atoms with Gasteiger partial charge in [0.05, 0.1) is 19.8 Å². The van der Waals surface area contributed by atoms with Crippen molar-refractivity contribution < 1.29 is 27.8 Å². The van der Waals surface area contributed by atoms with Crippen LogP contribution in [0.3, 0.4) is 0 Å². The molecule has 0 aromatic heterocycles. The van der Waals surface area contributed by atoms with Crippen molar-refractivity contribution in [3.8, 4) is 5.75 Å². The Morgan fingerprint density at radius 2 is 2.14 bits per heavy atom. The number of aliphatic hydroxyl groups excluding tert-OH is 1. The van der Waals surface area contributed by atoms with Crippen LogP contribution in [-0.4, -0.2) is 55.7 Å². The Balaban J connectivity index is 1.94. The maximum absolute atomic E-state index is 12.1. The Bertz CT molecular complexity index is 481. The van der Waals surface area contributed by atoms with Crippen LogP contribution in [0.1, 0.15) is 18.0 Å². The number of halogens is 3. The fourth-order valence-electron chi connectivity index (χ4n) is 2.69. The molecule has 7 heteroatoms. The van der Waals surface area contributed by atoms with E-state index < -0.39 is 18.9 Å². The summed E-state index contributed by atoms with van der Waals surface area (Å²) in [4.78, 5) is 1.94.